The first-order valence-electron chi connectivity index (χ1n) is 9.50. The fraction of sp³-hybridized carbons (Fsp3) is 0.737. The summed E-state index contributed by atoms with van der Waals surface area (Å²) in [7, 11) is 0. The van der Waals surface area contributed by atoms with E-state index in [-0.39, 0.29) is 11.9 Å². The number of carbonyl (C=O) groups excluding carboxylic acids is 1. The Morgan fingerprint density at radius 1 is 1.40 bits per heavy atom. The molecule has 1 N–H and O–H groups in total. The molecule has 2 fully saturated rings. The number of aromatic nitrogens is 3. The van der Waals surface area contributed by atoms with Crippen LogP contribution in [0.2, 0.25) is 0 Å². The van der Waals surface area contributed by atoms with Gasteiger partial charge in [-0.2, -0.15) is 0 Å². The average molecular weight is 346 g/mol. The third-order valence-corrected chi connectivity index (χ3v) is 5.54. The third-order valence-electron chi connectivity index (χ3n) is 5.54. The zero-order chi connectivity index (χ0) is 18.0. The van der Waals surface area contributed by atoms with Crippen LogP contribution in [0.5, 0.6) is 0 Å². The van der Waals surface area contributed by atoms with Gasteiger partial charge in [-0.05, 0) is 58.3 Å². The van der Waals surface area contributed by atoms with Crippen molar-refractivity contribution in [3.05, 3.63) is 23.5 Å². The van der Waals surface area contributed by atoms with Crippen molar-refractivity contribution >= 4 is 5.91 Å². The van der Waals surface area contributed by atoms with Crippen LogP contribution in [0.15, 0.2) is 17.8 Å². The highest BCUT2D eigenvalue weighted by Gasteiger charge is 2.39. The first-order valence-corrected chi connectivity index (χ1v) is 9.50. The molecule has 1 saturated heterocycles. The number of aliphatic hydroxyl groups is 1. The SMILES string of the molecule is CC1CCC(=CC(=O)N2CCC[C@](O)(c3cn(C(C)C)nn3)C2)CC1. The van der Waals surface area contributed by atoms with Crippen molar-refractivity contribution in [2.75, 3.05) is 13.1 Å². The Labute approximate surface area is 149 Å². The molecule has 1 aromatic heterocycles. The summed E-state index contributed by atoms with van der Waals surface area (Å²) >= 11 is 0. The molecule has 0 aromatic carbocycles. The van der Waals surface area contributed by atoms with Crippen LogP contribution in [-0.4, -0.2) is 44.0 Å². The summed E-state index contributed by atoms with van der Waals surface area (Å²) < 4.78 is 1.75. The molecule has 6 nitrogen and oxygen atoms in total. The van der Waals surface area contributed by atoms with E-state index in [4.69, 9.17) is 0 Å². The average Bonchev–Trinajstić information content (AvgIpc) is 3.08. The van der Waals surface area contributed by atoms with Gasteiger partial charge in [0.15, 0.2) is 0 Å². The van der Waals surface area contributed by atoms with Crippen LogP contribution in [-0.2, 0) is 10.4 Å². The maximum absolute atomic E-state index is 12.7. The highest BCUT2D eigenvalue weighted by Crippen LogP contribution is 2.32. The molecule has 2 aliphatic rings. The summed E-state index contributed by atoms with van der Waals surface area (Å²) in [6, 6.07) is 0.199. The molecular formula is C19H30N4O2. The second kappa shape index (κ2) is 7.28. The lowest BCUT2D eigenvalue weighted by atomic mass is 9.86. The van der Waals surface area contributed by atoms with Gasteiger partial charge in [0, 0.05) is 18.7 Å². The van der Waals surface area contributed by atoms with Gasteiger partial charge in [0.2, 0.25) is 5.91 Å². The minimum absolute atomic E-state index is 0.0268. The lowest BCUT2D eigenvalue weighted by molar-refractivity contribution is -0.134. The molecule has 25 heavy (non-hydrogen) atoms. The van der Waals surface area contributed by atoms with Crippen molar-refractivity contribution < 1.29 is 9.90 Å². The number of likely N-dealkylation sites (tertiary alicyclic amines) is 1. The predicted octanol–water partition coefficient (Wildman–Crippen LogP) is 2.81. The molecule has 0 spiro atoms. The Hall–Kier alpha value is -1.69. The third kappa shape index (κ3) is 4.11. The molecular weight excluding hydrogens is 316 g/mol. The number of hydrogen-bond donors (Lipinski definition) is 1. The van der Waals surface area contributed by atoms with Crippen molar-refractivity contribution in [2.24, 2.45) is 5.92 Å². The van der Waals surface area contributed by atoms with Crippen LogP contribution in [0, 0.1) is 5.92 Å². The van der Waals surface area contributed by atoms with E-state index in [0.717, 1.165) is 25.2 Å². The van der Waals surface area contributed by atoms with Gasteiger partial charge in [0.25, 0.3) is 0 Å². The van der Waals surface area contributed by atoms with E-state index in [0.29, 0.717) is 25.2 Å². The van der Waals surface area contributed by atoms with E-state index in [9.17, 15) is 9.90 Å². The van der Waals surface area contributed by atoms with E-state index in [1.54, 1.807) is 15.8 Å². The number of rotatable bonds is 3. The Bertz CT molecular complexity index is 642. The van der Waals surface area contributed by atoms with Crippen molar-refractivity contribution in [2.45, 2.75) is 70.9 Å². The maximum Gasteiger partial charge on any atom is 0.246 e. The van der Waals surface area contributed by atoms with Crippen molar-refractivity contribution in [3.8, 4) is 0 Å². The monoisotopic (exact) mass is 346 g/mol. The van der Waals surface area contributed by atoms with Gasteiger partial charge in [0.1, 0.15) is 11.3 Å². The normalized spacial score (nSPS) is 27.6. The largest absolute Gasteiger partial charge is 0.382 e. The van der Waals surface area contributed by atoms with Gasteiger partial charge in [-0.25, -0.2) is 4.68 Å². The number of nitrogens with zero attached hydrogens (tertiary/aromatic N) is 4. The predicted molar refractivity (Wildman–Crippen MR) is 95.8 cm³/mol. The fourth-order valence-electron chi connectivity index (χ4n) is 3.72. The topological polar surface area (TPSA) is 71.2 Å². The zero-order valence-corrected chi connectivity index (χ0v) is 15.6. The van der Waals surface area contributed by atoms with Gasteiger partial charge < -0.3 is 10.0 Å². The Morgan fingerprint density at radius 2 is 2.12 bits per heavy atom. The summed E-state index contributed by atoms with van der Waals surface area (Å²) in [6.07, 6.45) is 9.38. The first kappa shape index (κ1) is 18.1. The molecule has 6 heteroatoms. The molecule has 1 aliphatic heterocycles. The molecule has 0 unspecified atom stereocenters. The highest BCUT2D eigenvalue weighted by atomic mass is 16.3. The van der Waals surface area contributed by atoms with E-state index in [2.05, 4.69) is 17.2 Å². The zero-order valence-electron chi connectivity index (χ0n) is 15.6. The minimum Gasteiger partial charge on any atom is -0.382 e. The lowest BCUT2D eigenvalue weighted by Gasteiger charge is -2.37. The van der Waals surface area contributed by atoms with Crippen molar-refractivity contribution in [1.29, 1.82) is 0 Å². The summed E-state index contributed by atoms with van der Waals surface area (Å²) in [5.74, 6) is 0.787. The highest BCUT2D eigenvalue weighted by molar-refractivity contribution is 5.88. The molecule has 2 heterocycles. The Morgan fingerprint density at radius 3 is 2.76 bits per heavy atom. The summed E-state index contributed by atoms with van der Waals surface area (Å²) in [5, 5.41) is 19.3. The molecule has 3 rings (SSSR count). The van der Waals surface area contributed by atoms with Gasteiger partial charge in [-0.15, -0.1) is 5.10 Å². The van der Waals surface area contributed by atoms with E-state index < -0.39 is 5.60 Å². The number of allylic oxidation sites excluding steroid dienone is 1. The van der Waals surface area contributed by atoms with E-state index in [1.807, 2.05) is 19.9 Å². The second-order valence-corrected chi connectivity index (χ2v) is 8.06. The standard InChI is InChI=1S/C19H30N4O2/c1-14(2)23-12-17(20-21-23)19(25)9-4-10-22(13-19)18(24)11-16-7-5-15(3)6-8-16/h11-12,14-15,25H,4-10,13H2,1-3H3/t15?,19-/m1/s1. The Kier molecular flexibility index (Phi) is 5.27. The molecule has 1 amide bonds. The number of β-amino-alcohol motifs (C(OH)–C–C–N with tert-alkyl or cyclic N) is 1. The maximum atomic E-state index is 12.7. The number of piperidine rings is 1. The van der Waals surface area contributed by atoms with Crippen molar-refractivity contribution in [1.82, 2.24) is 19.9 Å². The van der Waals surface area contributed by atoms with Crippen LogP contribution in [0.25, 0.3) is 0 Å². The lowest BCUT2D eigenvalue weighted by Crippen LogP contribution is -2.48. The van der Waals surface area contributed by atoms with Gasteiger partial charge in [-0.3, -0.25) is 4.79 Å². The quantitative estimate of drug-likeness (QED) is 0.854. The molecule has 0 radical (unpaired) electrons. The van der Waals surface area contributed by atoms with Crippen LogP contribution >= 0.6 is 0 Å². The van der Waals surface area contributed by atoms with E-state index >= 15 is 0 Å². The Balaban J connectivity index is 1.69. The molecule has 1 aromatic rings. The van der Waals surface area contributed by atoms with Crippen LogP contribution in [0.4, 0.5) is 0 Å². The number of hydrogen-bond acceptors (Lipinski definition) is 4. The van der Waals surface area contributed by atoms with Gasteiger partial charge >= 0.3 is 0 Å². The second-order valence-electron chi connectivity index (χ2n) is 8.06. The molecule has 1 aliphatic carbocycles. The fourth-order valence-corrected chi connectivity index (χ4v) is 3.72. The summed E-state index contributed by atoms with van der Waals surface area (Å²) in [6.45, 7) is 7.31. The first-order chi connectivity index (χ1) is 11.9. The molecule has 0 bridgehead atoms. The summed E-state index contributed by atoms with van der Waals surface area (Å²) in [5.41, 5.74) is 0.724. The molecule has 138 valence electrons. The molecule has 1 saturated carbocycles. The van der Waals surface area contributed by atoms with Crippen LogP contribution < -0.4 is 0 Å². The van der Waals surface area contributed by atoms with Gasteiger partial charge in [0.05, 0.1) is 12.7 Å². The number of carbonyl (C=O) groups is 1. The van der Waals surface area contributed by atoms with Crippen LogP contribution in [0.1, 0.15) is 71.0 Å². The minimum atomic E-state index is -1.10. The number of amides is 1. The summed E-state index contributed by atoms with van der Waals surface area (Å²) in [4.78, 5) is 14.4. The van der Waals surface area contributed by atoms with Crippen molar-refractivity contribution in [3.63, 3.8) is 0 Å². The smallest absolute Gasteiger partial charge is 0.246 e. The van der Waals surface area contributed by atoms with E-state index in [1.165, 1.54) is 18.4 Å². The van der Waals surface area contributed by atoms with Crippen LogP contribution in [0.3, 0.4) is 0 Å². The van der Waals surface area contributed by atoms with Gasteiger partial charge in [-0.1, -0.05) is 17.7 Å². The molecule has 1 atom stereocenters.